The first-order valence-corrected chi connectivity index (χ1v) is 9.01. The van der Waals surface area contributed by atoms with Gasteiger partial charge < -0.3 is 13.7 Å². The summed E-state index contributed by atoms with van der Waals surface area (Å²) >= 11 is 6.07. The molecule has 1 amide bonds. The van der Waals surface area contributed by atoms with Crippen molar-refractivity contribution in [2.75, 3.05) is 0 Å². The third kappa shape index (κ3) is 2.53. The smallest absolute Gasteiger partial charge is 0.291 e. The Morgan fingerprint density at radius 1 is 1.14 bits per heavy atom. The number of hydrogen-bond donors (Lipinski definition) is 0. The van der Waals surface area contributed by atoms with Gasteiger partial charge in [0, 0.05) is 17.4 Å². The molecule has 28 heavy (non-hydrogen) atoms. The number of carbonyl (C=O) groups is 1. The van der Waals surface area contributed by atoms with Crippen molar-refractivity contribution in [3.8, 4) is 0 Å². The fourth-order valence-corrected chi connectivity index (χ4v) is 3.78. The Labute approximate surface area is 164 Å². The van der Waals surface area contributed by atoms with E-state index < -0.39 is 6.04 Å². The van der Waals surface area contributed by atoms with Crippen molar-refractivity contribution in [1.82, 2.24) is 9.88 Å². The first-order chi connectivity index (χ1) is 13.6. The zero-order chi connectivity index (χ0) is 19.3. The normalized spacial score (nSPS) is 16.0. The molecule has 0 fully saturated rings. The van der Waals surface area contributed by atoms with Gasteiger partial charge in [-0.15, -0.1) is 0 Å². The number of rotatable bonds is 3. The molecule has 0 N–H and O–H groups in total. The van der Waals surface area contributed by atoms with Crippen molar-refractivity contribution in [2.45, 2.75) is 12.6 Å². The molecule has 1 aromatic carbocycles. The number of halogens is 1. The standard InChI is InChI=1S/C21H13ClN2O4/c22-13-5-6-16-15(9-13)19(25)17-18(12-3-1-7-23-10-12)24(21(26)20(17)28-16)11-14-4-2-8-27-14/h1-10,18H,11H2/t18-/m0/s1. The van der Waals surface area contributed by atoms with E-state index >= 15 is 0 Å². The Kier molecular flexibility index (Phi) is 3.80. The Morgan fingerprint density at radius 2 is 2.04 bits per heavy atom. The second-order valence-corrected chi connectivity index (χ2v) is 6.95. The molecule has 4 aromatic rings. The molecule has 0 radical (unpaired) electrons. The lowest BCUT2D eigenvalue weighted by molar-refractivity contribution is 0.0701. The lowest BCUT2D eigenvalue weighted by Gasteiger charge is -2.23. The molecule has 0 spiro atoms. The zero-order valence-corrected chi connectivity index (χ0v) is 15.2. The van der Waals surface area contributed by atoms with Gasteiger partial charge in [-0.1, -0.05) is 17.7 Å². The third-order valence-corrected chi connectivity index (χ3v) is 5.07. The minimum absolute atomic E-state index is 0.0419. The number of aromatic nitrogens is 1. The Hall–Kier alpha value is -3.38. The van der Waals surface area contributed by atoms with Crippen molar-refractivity contribution >= 4 is 28.5 Å². The van der Waals surface area contributed by atoms with Crippen LogP contribution in [0.3, 0.4) is 0 Å². The molecular formula is C21H13ClN2O4. The average Bonchev–Trinajstić information content (AvgIpc) is 3.31. The van der Waals surface area contributed by atoms with Gasteiger partial charge in [-0.2, -0.15) is 0 Å². The molecular weight excluding hydrogens is 380 g/mol. The molecule has 0 saturated heterocycles. The van der Waals surface area contributed by atoms with Crippen LogP contribution >= 0.6 is 11.6 Å². The SMILES string of the molecule is O=C1c2oc3ccc(Cl)cc3c(=O)c2[C@H](c2cccnc2)N1Cc1ccco1. The van der Waals surface area contributed by atoms with Gasteiger partial charge in [-0.3, -0.25) is 14.6 Å². The number of benzene rings is 1. The monoisotopic (exact) mass is 392 g/mol. The lowest BCUT2D eigenvalue weighted by atomic mass is 10.00. The van der Waals surface area contributed by atoms with Gasteiger partial charge >= 0.3 is 0 Å². The van der Waals surface area contributed by atoms with Crippen LogP contribution in [0, 0.1) is 0 Å². The third-order valence-electron chi connectivity index (χ3n) is 4.83. The number of furan rings is 1. The molecule has 1 aliphatic heterocycles. The summed E-state index contributed by atoms with van der Waals surface area (Å²) in [5.74, 6) is 0.282. The van der Waals surface area contributed by atoms with Crippen molar-refractivity contribution in [3.05, 3.63) is 99.0 Å². The number of carbonyl (C=O) groups excluding carboxylic acids is 1. The van der Waals surface area contributed by atoms with Gasteiger partial charge in [0.15, 0.2) is 5.43 Å². The summed E-state index contributed by atoms with van der Waals surface area (Å²) in [6, 6.07) is 11.3. The number of amides is 1. The van der Waals surface area contributed by atoms with E-state index in [1.165, 1.54) is 0 Å². The van der Waals surface area contributed by atoms with Crippen molar-refractivity contribution in [1.29, 1.82) is 0 Å². The van der Waals surface area contributed by atoms with Crippen molar-refractivity contribution in [2.24, 2.45) is 0 Å². The molecule has 138 valence electrons. The largest absolute Gasteiger partial charge is 0.467 e. The molecule has 5 rings (SSSR count). The van der Waals surface area contributed by atoms with E-state index in [0.29, 0.717) is 27.3 Å². The van der Waals surface area contributed by atoms with E-state index in [1.807, 2.05) is 6.07 Å². The molecule has 0 unspecified atom stereocenters. The quantitative estimate of drug-likeness (QED) is 0.522. The second-order valence-electron chi connectivity index (χ2n) is 6.52. The molecule has 1 aliphatic rings. The zero-order valence-electron chi connectivity index (χ0n) is 14.5. The molecule has 6 nitrogen and oxygen atoms in total. The summed E-state index contributed by atoms with van der Waals surface area (Å²) in [6.07, 6.45) is 4.83. The summed E-state index contributed by atoms with van der Waals surface area (Å²) < 4.78 is 11.3. The van der Waals surface area contributed by atoms with Crippen molar-refractivity contribution in [3.63, 3.8) is 0 Å². The molecule has 0 aliphatic carbocycles. The first-order valence-electron chi connectivity index (χ1n) is 8.63. The maximum Gasteiger partial charge on any atom is 0.291 e. The van der Waals surface area contributed by atoms with Crippen LogP contribution in [-0.2, 0) is 6.54 Å². The van der Waals surface area contributed by atoms with E-state index in [0.717, 1.165) is 5.56 Å². The number of nitrogens with zero attached hydrogens (tertiary/aromatic N) is 2. The highest BCUT2D eigenvalue weighted by Gasteiger charge is 2.43. The van der Waals surface area contributed by atoms with Crippen LogP contribution < -0.4 is 5.43 Å². The van der Waals surface area contributed by atoms with Gasteiger partial charge in [0.2, 0.25) is 5.76 Å². The Bertz CT molecular complexity index is 1250. The van der Waals surface area contributed by atoms with Gasteiger partial charge in [0.05, 0.1) is 29.8 Å². The van der Waals surface area contributed by atoms with Gasteiger partial charge in [-0.05, 0) is 42.0 Å². The highest BCUT2D eigenvalue weighted by molar-refractivity contribution is 6.31. The molecule has 4 heterocycles. The molecule has 3 aromatic heterocycles. The van der Waals surface area contributed by atoms with Crippen LogP contribution in [0.2, 0.25) is 5.02 Å². The van der Waals surface area contributed by atoms with E-state index in [2.05, 4.69) is 4.98 Å². The summed E-state index contributed by atoms with van der Waals surface area (Å²) in [4.78, 5) is 32.2. The molecule has 7 heteroatoms. The number of pyridine rings is 1. The predicted molar refractivity (Wildman–Crippen MR) is 102 cm³/mol. The van der Waals surface area contributed by atoms with Crippen LogP contribution in [-0.4, -0.2) is 15.8 Å². The summed E-state index contributed by atoms with van der Waals surface area (Å²) in [6.45, 7) is 0.201. The van der Waals surface area contributed by atoms with Crippen LogP contribution in [0.15, 0.2) is 74.8 Å². The van der Waals surface area contributed by atoms with Gasteiger partial charge in [0.1, 0.15) is 11.3 Å². The van der Waals surface area contributed by atoms with Crippen LogP contribution in [0.25, 0.3) is 11.0 Å². The molecule has 0 bridgehead atoms. The fraction of sp³-hybridized carbons (Fsp3) is 0.0952. The summed E-state index contributed by atoms with van der Waals surface area (Å²) in [5.41, 5.74) is 1.06. The number of hydrogen-bond acceptors (Lipinski definition) is 5. The maximum atomic E-state index is 13.3. The van der Waals surface area contributed by atoms with Crippen LogP contribution in [0.1, 0.15) is 33.5 Å². The van der Waals surface area contributed by atoms with Crippen LogP contribution in [0.4, 0.5) is 0 Å². The topological polar surface area (TPSA) is 76.6 Å². The van der Waals surface area contributed by atoms with E-state index in [-0.39, 0.29) is 23.6 Å². The number of fused-ring (bicyclic) bond motifs is 2. The Balaban J connectivity index is 1.76. The fourth-order valence-electron chi connectivity index (χ4n) is 3.61. The minimum Gasteiger partial charge on any atom is -0.467 e. The van der Waals surface area contributed by atoms with Crippen molar-refractivity contribution < 1.29 is 13.6 Å². The highest BCUT2D eigenvalue weighted by Crippen LogP contribution is 2.39. The predicted octanol–water partition coefficient (Wildman–Crippen LogP) is 4.18. The van der Waals surface area contributed by atoms with E-state index in [4.69, 9.17) is 20.4 Å². The van der Waals surface area contributed by atoms with E-state index in [9.17, 15) is 9.59 Å². The minimum atomic E-state index is -0.624. The van der Waals surface area contributed by atoms with Gasteiger partial charge in [0.25, 0.3) is 5.91 Å². The summed E-state index contributed by atoms with van der Waals surface area (Å²) in [7, 11) is 0. The Morgan fingerprint density at radius 3 is 2.79 bits per heavy atom. The van der Waals surface area contributed by atoms with Crippen LogP contribution in [0.5, 0.6) is 0 Å². The molecule has 1 atom stereocenters. The molecule has 0 saturated carbocycles. The average molecular weight is 393 g/mol. The van der Waals surface area contributed by atoms with Gasteiger partial charge in [-0.25, -0.2) is 0 Å². The maximum absolute atomic E-state index is 13.3. The first kappa shape index (κ1) is 16.8. The van der Waals surface area contributed by atoms with E-state index in [1.54, 1.807) is 60.0 Å². The second kappa shape index (κ2) is 6.35. The lowest BCUT2D eigenvalue weighted by Crippen LogP contribution is -2.29. The highest BCUT2D eigenvalue weighted by atomic mass is 35.5. The summed E-state index contributed by atoms with van der Waals surface area (Å²) in [5, 5.41) is 0.766.